The first-order chi connectivity index (χ1) is 6.59. The van der Waals surface area contributed by atoms with Gasteiger partial charge in [0, 0.05) is 10.6 Å². The maximum absolute atomic E-state index is 10.5. The van der Waals surface area contributed by atoms with Crippen molar-refractivity contribution in [3.63, 3.8) is 0 Å². The molecular formula is C6H9BO6P+. The third-order valence-electron chi connectivity index (χ3n) is 2.50. The number of aliphatic hydroxyl groups excluding tert-OH is 1. The standard InChI is InChI=1S/C6H8BO6P/c7-5-3-4(13-14(9)10)6(1-8,12-5)2-11-3/h3-5,8H,1-2H2/p+1. The molecule has 0 aromatic heterocycles. The van der Waals surface area contributed by atoms with Gasteiger partial charge < -0.3 is 14.6 Å². The first-order valence-electron chi connectivity index (χ1n) is 4.08. The fourth-order valence-corrected chi connectivity index (χ4v) is 2.34. The Morgan fingerprint density at radius 3 is 2.93 bits per heavy atom. The van der Waals surface area contributed by atoms with Gasteiger partial charge in [-0.15, -0.1) is 9.42 Å². The van der Waals surface area contributed by atoms with Crippen molar-refractivity contribution in [3.8, 4) is 0 Å². The molecule has 2 saturated heterocycles. The predicted octanol–water partition coefficient (Wildman–Crippen LogP) is -1.32. The molecule has 2 bridgehead atoms. The van der Waals surface area contributed by atoms with Gasteiger partial charge in [0.2, 0.25) is 0 Å². The molecule has 2 N–H and O–H groups in total. The first kappa shape index (κ1) is 10.5. The summed E-state index contributed by atoms with van der Waals surface area (Å²) in [5.74, 6) is 0. The zero-order valence-electron chi connectivity index (χ0n) is 7.20. The van der Waals surface area contributed by atoms with Crippen molar-refractivity contribution in [3.05, 3.63) is 0 Å². The highest BCUT2D eigenvalue weighted by atomic mass is 31.1. The Hall–Kier alpha value is -0.0351. The van der Waals surface area contributed by atoms with Gasteiger partial charge in [0.05, 0.1) is 13.2 Å². The number of hydrogen-bond donors (Lipinski definition) is 2. The second-order valence-corrected chi connectivity index (χ2v) is 4.03. The van der Waals surface area contributed by atoms with Crippen LogP contribution in [0.15, 0.2) is 0 Å². The number of rotatable bonds is 3. The average molecular weight is 219 g/mol. The van der Waals surface area contributed by atoms with Gasteiger partial charge in [-0.1, -0.05) is 0 Å². The molecule has 2 heterocycles. The highest BCUT2D eigenvalue weighted by Crippen LogP contribution is 2.43. The molecule has 0 aliphatic carbocycles. The molecule has 2 radical (unpaired) electrons. The van der Waals surface area contributed by atoms with Crippen LogP contribution in [0.5, 0.6) is 0 Å². The van der Waals surface area contributed by atoms with Crippen LogP contribution in [0, 0.1) is 0 Å². The van der Waals surface area contributed by atoms with E-state index in [9.17, 15) is 4.57 Å². The normalized spacial score (nSPS) is 47.0. The van der Waals surface area contributed by atoms with E-state index in [2.05, 4.69) is 0 Å². The van der Waals surface area contributed by atoms with Gasteiger partial charge in [-0.25, -0.2) is 0 Å². The van der Waals surface area contributed by atoms with E-state index in [1.54, 1.807) is 0 Å². The largest absolute Gasteiger partial charge is 0.695 e. The molecule has 0 aromatic rings. The van der Waals surface area contributed by atoms with E-state index in [-0.39, 0.29) is 13.2 Å². The summed E-state index contributed by atoms with van der Waals surface area (Å²) < 4.78 is 25.7. The molecule has 5 unspecified atom stereocenters. The summed E-state index contributed by atoms with van der Waals surface area (Å²) in [6, 6.07) is -0.726. The minimum absolute atomic E-state index is 0.121. The molecule has 0 amide bonds. The van der Waals surface area contributed by atoms with E-state index >= 15 is 0 Å². The van der Waals surface area contributed by atoms with E-state index < -0.39 is 32.1 Å². The molecule has 14 heavy (non-hydrogen) atoms. The van der Waals surface area contributed by atoms with E-state index in [1.165, 1.54) is 0 Å². The molecule has 6 nitrogen and oxygen atoms in total. The third kappa shape index (κ3) is 1.41. The first-order valence-corrected chi connectivity index (χ1v) is 5.21. The monoisotopic (exact) mass is 219 g/mol. The van der Waals surface area contributed by atoms with Gasteiger partial charge in [0.25, 0.3) is 0 Å². The average Bonchev–Trinajstić information content (AvgIpc) is 2.57. The molecule has 0 aromatic carbocycles. The summed E-state index contributed by atoms with van der Waals surface area (Å²) in [5.41, 5.74) is -1.09. The molecule has 76 valence electrons. The molecule has 2 aliphatic heterocycles. The number of fused-ring (bicyclic) bond motifs is 2. The molecule has 0 saturated carbocycles. The summed E-state index contributed by atoms with van der Waals surface area (Å²) >= 11 is 0. The van der Waals surface area contributed by atoms with Crippen LogP contribution in [-0.4, -0.2) is 54.9 Å². The van der Waals surface area contributed by atoms with E-state index in [0.29, 0.717) is 0 Å². The van der Waals surface area contributed by atoms with Crippen LogP contribution in [0.25, 0.3) is 0 Å². The molecule has 8 heteroatoms. The summed E-state index contributed by atoms with van der Waals surface area (Å²) in [5, 5.41) is 9.13. The second-order valence-electron chi connectivity index (χ2n) is 3.34. The lowest BCUT2D eigenvalue weighted by atomic mass is 9.92. The van der Waals surface area contributed by atoms with Gasteiger partial charge in [-0.2, -0.15) is 0 Å². The third-order valence-corrected chi connectivity index (χ3v) is 2.91. The van der Waals surface area contributed by atoms with Crippen molar-refractivity contribution in [2.75, 3.05) is 13.2 Å². The van der Waals surface area contributed by atoms with Crippen molar-refractivity contribution in [1.29, 1.82) is 0 Å². The Bertz CT molecular complexity index is 263. The van der Waals surface area contributed by atoms with Crippen molar-refractivity contribution in [1.82, 2.24) is 0 Å². The minimum atomic E-state index is -2.76. The number of aliphatic hydroxyl groups is 1. The topological polar surface area (TPSA) is 85.2 Å². The van der Waals surface area contributed by atoms with E-state index in [0.717, 1.165) is 0 Å². The highest BCUT2D eigenvalue weighted by molar-refractivity contribution is 7.32. The molecule has 2 fully saturated rings. The highest BCUT2D eigenvalue weighted by Gasteiger charge is 2.63. The van der Waals surface area contributed by atoms with Crippen molar-refractivity contribution >= 4 is 16.1 Å². The van der Waals surface area contributed by atoms with Crippen LogP contribution >= 0.6 is 8.25 Å². The van der Waals surface area contributed by atoms with Crippen LogP contribution < -0.4 is 0 Å². The molecule has 0 spiro atoms. The number of hydrogen-bond acceptors (Lipinski definition) is 5. The number of ether oxygens (including phenoxy) is 2. The summed E-state index contributed by atoms with van der Waals surface area (Å²) in [7, 11) is 2.77. The lowest BCUT2D eigenvalue weighted by molar-refractivity contribution is -0.135. The Morgan fingerprint density at radius 2 is 2.43 bits per heavy atom. The zero-order chi connectivity index (χ0) is 10.3. The van der Waals surface area contributed by atoms with Crippen LogP contribution in [0.2, 0.25) is 0 Å². The summed E-state index contributed by atoms with van der Waals surface area (Å²) in [6.07, 6.45) is -1.37. The van der Waals surface area contributed by atoms with E-state index in [1.807, 2.05) is 0 Å². The van der Waals surface area contributed by atoms with Gasteiger partial charge >= 0.3 is 8.25 Å². The Kier molecular flexibility index (Phi) is 2.63. The van der Waals surface area contributed by atoms with Crippen LogP contribution in [0.3, 0.4) is 0 Å². The van der Waals surface area contributed by atoms with Crippen molar-refractivity contribution < 1.29 is 28.6 Å². The molecular weight excluding hydrogens is 210 g/mol. The van der Waals surface area contributed by atoms with Crippen molar-refractivity contribution in [2.24, 2.45) is 0 Å². The van der Waals surface area contributed by atoms with Crippen LogP contribution in [0.1, 0.15) is 0 Å². The zero-order valence-corrected chi connectivity index (χ0v) is 8.09. The summed E-state index contributed by atoms with van der Waals surface area (Å²) in [4.78, 5) is 8.63. The molecule has 2 rings (SSSR count). The lowest BCUT2D eigenvalue weighted by Gasteiger charge is -2.27. The Morgan fingerprint density at radius 1 is 1.71 bits per heavy atom. The fourth-order valence-electron chi connectivity index (χ4n) is 1.84. The molecule has 2 aliphatic rings. The predicted molar refractivity (Wildman–Crippen MR) is 44.9 cm³/mol. The van der Waals surface area contributed by atoms with Crippen molar-refractivity contribution in [2.45, 2.75) is 23.8 Å². The maximum Gasteiger partial charge on any atom is 0.695 e. The van der Waals surface area contributed by atoms with Gasteiger partial charge in [-0.05, 0) is 0 Å². The Labute approximate surface area is 82.5 Å². The van der Waals surface area contributed by atoms with E-state index in [4.69, 9.17) is 31.8 Å². The lowest BCUT2D eigenvalue weighted by Crippen LogP contribution is -2.44. The quantitative estimate of drug-likeness (QED) is 0.452. The van der Waals surface area contributed by atoms with Gasteiger partial charge in [0.15, 0.2) is 6.10 Å². The van der Waals surface area contributed by atoms with Crippen LogP contribution in [0.4, 0.5) is 0 Å². The van der Waals surface area contributed by atoms with Gasteiger partial charge in [-0.3, -0.25) is 0 Å². The van der Waals surface area contributed by atoms with Gasteiger partial charge in [0.1, 0.15) is 19.6 Å². The summed E-state index contributed by atoms with van der Waals surface area (Å²) in [6.45, 7) is -0.235. The SMILES string of the molecule is [B]C1OC2(CO)COC1C2O[P+](=O)O. The fraction of sp³-hybridized carbons (Fsp3) is 1.00. The molecule has 5 atom stereocenters. The Balaban J connectivity index is 2.18. The van der Waals surface area contributed by atoms with Crippen LogP contribution in [-0.2, 0) is 18.6 Å². The smallest absolute Gasteiger partial charge is 0.393 e. The second kappa shape index (κ2) is 3.52. The minimum Gasteiger partial charge on any atom is -0.393 e. The maximum atomic E-state index is 10.5.